The normalized spacial score (nSPS) is 10.2. The second-order valence-corrected chi connectivity index (χ2v) is 6.06. The Morgan fingerprint density at radius 3 is 2.43 bits per heavy atom. The van der Waals surface area contributed by atoms with Crippen molar-refractivity contribution in [2.75, 3.05) is 10.7 Å². The molecule has 0 aliphatic rings. The van der Waals surface area contributed by atoms with Crippen LogP contribution < -0.4 is 16.2 Å². The smallest absolute Gasteiger partial charge is 0.334 e. The first-order valence-corrected chi connectivity index (χ1v) is 8.39. The molecule has 0 aliphatic heterocycles. The molecule has 12 heteroatoms. The SMILES string of the molecule is O=C(NNc1ncnc(Nc2ccc(Cl)c(Cl)c2)c1[N+](=O)[O-])c1ccncc1. The summed E-state index contributed by atoms with van der Waals surface area (Å²) < 4.78 is 0. The highest BCUT2D eigenvalue weighted by Crippen LogP contribution is 2.32. The van der Waals surface area contributed by atoms with Gasteiger partial charge in [0.15, 0.2) is 0 Å². The van der Waals surface area contributed by atoms with Crippen LogP contribution in [-0.2, 0) is 0 Å². The molecule has 3 rings (SSSR count). The summed E-state index contributed by atoms with van der Waals surface area (Å²) in [4.78, 5) is 34.5. The van der Waals surface area contributed by atoms with E-state index >= 15 is 0 Å². The lowest BCUT2D eigenvalue weighted by Crippen LogP contribution is -2.30. The van der Waals surface area contributed by atoms with Gasteiger partial charge in [0.05, 0.1) is 15.0 Å². The van der Waals surface area contributed by atoms with E-state index in [1.54, 1.807) is 6.07 Å². The fourth-order valence-electron chi connectivity index (χ4n) is 2.14. The van der Waals surface area contributed by atoms with Gasteiger partial charge in [-0.05, 0) is 30.3 Å². The van der Waals surface area contributed by atoms with Crippen LogP contribution in [0, 0.1) is 10.1 Å². The molecule has 0 bridgehead atoms. The first kappa shape index (κ1) is 19.3. The zero-order valence-electron chi connectivity index (χ0n) is 13.9. The van der Waals surface area contributed by atoms with Crippen LogP contribution >= 0.6 is 23.2 Å². The van der Waals surface area contributed by atoms with Crippen molar-refractivity contribution in [1.29, 1.82) is 0 Å². The van der Waals surface area contributed by atoms with E-state index in [0.717, 1.165) is 6.33 Å². The summed E-state index contributed by atoms with van der Waals surface area (Å²) in [6.07, 6.45) is 4.00. The minimum atomic E-state index is -0.680. The third-order valence-corrected chi connectivity index (χ3v) is 4.16. The number of halogens is 2. The third kappa shape index (κ3) is 4.42. The summed E-state index contributed by atoms with van der Waals surface area (Å²) in [6.45, 7) is 0. The van der Waals surface area contributed by atoms with E-state index in [-0.39, 0.29) is 16.7 Å². The number of rotatable bonds is 6. The lowest BCUT2D eigenvalue weighted by Gasteiger charge is -2.11. The Morgan fingerprint density at radius 1 is 1.04 bits per heavy atom. The van der Waals surface area contributed by atoms with E-state index in [9.17, 15) is 14.9 Å². The Balaban J connectivity index is 1.84. The monoisotopic (exact) mass is 419 g/mol. The van der Waals surface area contributed by atoms with Crippen molar-refractivity contribution in [3.8, 4) is 0 Å². The summed E-state index contributed by atoms with van der Waals surface area (Å²) in [5.74, 6) is -0.821. The lowest BCUT2D eigenvalue weighted by atomic mass is 10.3. The molecule has 1 amide bonds. The van der Waals surface area contributed by atoms with Gasteiger partial charge in [-0.15, -0.1) is 0 Å². The average molecular weight is 420 g/mol. The zero-order chi connectivity index (χ0) is 20.1. The summed E-state index contributed by atoms with van der Waals surface area (Å²) >= 11 is 11.8. The van der Waals surface area contributed by atoms with Crippen molar-refractivity contribution in [2.24, 2.45) is 0 Å². The Hall–Kier alpha value is -3.50. The van der Waals surface area contributed by atoms with Gasteiger partial charge < -0.3 is 5.32 Å². The average Bonchev–Trinajstić information content (AvgIpc) is 2.69. The van der Waals surface area contributed by atoms with Crippen molar-refractivity contribution in [2.45, 2.75) is 0 Å². The maximum atomic E-state index is 12.1. The van der Waals surface area contributed by atoms with E-state index in [0.29, 0.717) is 16.3 Å². The Bertz CT molecular complexity index is 1030. The number of pyridine rings is 1. The molecule has 0 saturated carbocycles. The second kappa shape index (κ2) is 8.46. The lowest BCUT2D eigenvalue weighted by molar-refractivity contribution is -0.383. The number of hydrogen-bond acceptors (Lipinski definition) is 8. The van der Waals surface area contributed by atoms with Crippen molar-refractivity contribution in [3.63, 3.8) is 0 Å². The summed E-state index contributed by atoms with van der Waals surface area (Å²) in [5, 5.41) is 14.9. The van der Waals surface area contributed by atoms with Gasteiger partial charge in [0.25, 0.3) is 5.91 Å². The zero-order valence-corrected chi connectivity index (χ0v) is 15.4. The van der Waals surface area contributed by atoms with Crippen LogP contribution in [0.1, 0.15) is 10.4 Å². The minimum Gasteiger partial charge on any atom is -0.334 e. The predicted molar refractivity (Wildman–Crippen MR) is 104 cm³/mol. The molecular formula is C16H11Cl2N7O3. The number of hydrazine groups is 1. The highest BCUT2D eigenvalue weighted by molar-refractivity contribution is 6.42. The molecule has 0 saturated heterocycles. The molecule has 2 heterocycles. The fraction of sp³-hybridized carbons (Fsp3) is 0. The van der Waals surface area contributed by atoms with Gasteiger partial charge >= 0.3 is 5.69 Å². The molecule has 0 radical (unpaired) electrons. The van der Waals surface area contributed by atoms with Crippen LogP contribution in [0.25, 0.3) is 0 Å². The van der Waals surface area contributed by atoms with Crippen LogP contribution in [0.5, 0.6) is 0 Å². The first-order valence-electron chi connectivity index (χ1n) is 7.63. The van der Waals surface area contributed by atoms with Crippen molar-refractivity contribution in [1.82, 2.24) is 20.4 Å². The van der Waals surface area contributed by atoms with Gasteiger partial charge in [0.1, 0.15) is 6.33 Å². The Labute approximate surface area is 168 Å². The van der Waals surface area contributed by atoms with Crippen LogP contribution in [0.15, 0.2) is 49.1 Å². The van der Waals surface area contributed by atoms with Gasteiger partial charge in [-0.2, -0.15) is 0 Å². The molecule has 1 aromatic carbocycles. The van der Waals surface area contributed by atoms with Crippen molar-refractivity contribution in [3.05, 3.63) is 74.8 Å². The van der Waals surface area contributed by atoms with E-state index < -0.39 is 16.5 Å². The van der Waals surface area contributed by atoms with Gasteiger partial charge in [-0.25, -0.2) is 9.97 Å². The summed E-state index contributed by atoms with van der Waals surface area (Å²) in [6, 6.07) is 7.59. The molecule has 0 fully saturated rings. The molecule has 3 aromatic rings. The largest absolute Gasteiger partial charge is 0.355 e. The molecule has 0 aliphatic carbocycles. The number of nitrogens with zero attached hydrogens (tertiary/aromatic N) is 4. The predicted octanol–water partition coefficient (Wildman–Crippen LogP) is 3.59. The highest BCUT2D eigenvalue weighted by atomic mass is 35.5. The van der Waals surface area contributed by atoms with Gasteiger partial charge in [0, 0.05) is 23.6 Å². The van der Waals surface area contributed by atoms with Crippen LogP contribution in [0.2, 0.25) is 10.0 Å². The fourth-order valence-corrected chi connectivity index (χ4v) is 2.43. The number of benzene rings is 1. The van der Waals surface area contributed by atoms with Crippen LogP contribution in [0.4, 0.5) is 23.0 Å². The number of amides is 1. The van der Waals surface area contributed by atoms with Gasteiger partial charge in [0.2, 0.25) is 11.6 Å². The Kier molecular flexibility index (Phi) is 5.82. The highest BCUT2D eigenvalue weighted by Gasteiger charge is 2.24. The van der Waals surface area contributed by atoms with Gasteiger partial charge in [-0.1, -0.05) is 23.2 Å². The van der Waals surface area contributed by atoms with E-state index in [4.69, 9.17) is 23.2 Å². The molecular weight excluding hydrogens is 409 g/mol. The number of nitrogens with one attached hydrogen (secondary N) is 3. The first-order chi connectivity index (χ1) is 13.5. The number of carbonyl (C=O) groups is 1. The minimum absolute atomic E-state index is 0.0981. The number of nitro groups is 1. The maximum Gasteiger partial charge on any atom is 0.355 e. The van der Waals surface area contributed by atoms with Crippen molar-refractivity contribution < 1.29 is 9.72 Å². The molecule has 3 N–H and O–H groups in total. The van der Waals surface area contributed by atoms with E-state index in [1.165, 1.54) is 36.7 Å². The molecule has 28 heavy (non-hydrogen) atoms. The standard InChI is InChI=1S/C16H11Cl2N7O3/c17-11-2-1-10(7-12(11)18)22-14-13(25(27)28)15(21-8-20-14)23-24-16(26)9-3-5-19-6-4-9/h1-8H,(H,24,26)(H2,20,21,22,23). The van der Waals surface area contributed by atoms with Gasteiger partial charge in [-0.3, -0.25) is 30.7 Å². The van der Waals surface area contributed by atoms with E-state index in [1.807, 2.05) is 0 Å². The molecule has 0 atom stereocenters. The van der Waals surface area contributed by atoms with E-state index in [2.05, 4.69) is 31.1 Å². The number of anilines is 3. The third-order valence-electron chi connectivity index (χ3n) is 3.42. The number of hydrogen-bond donors (Lipinski definition) is 3. The maximum absolute atomic E-state index is 12.1. The molecule has 0 unspecified atom stereocenters. The summed E-state index contributed by atoms with van der Waals surface area (Å²) in [7, 11) is 0. The Morgan fingerprint density at radius 2 is 1.75 bits per heavy atom. The number of carbonyl (C=O) groups excluding carboxylic acids is 1. The topological polar surface area (TPSA) is 135 Å². The number of aromatic nitrogens is 3. The molecule has 0 spiro atoms. The van der Waals surface area contributed by atoms with Crippen molar-refractivity contribution >= 4 is 52.1 Å². The van der Waals surface area contributed by atoms with Crippen LogP contribution in [0.3, 0.4) is 0 Å². The molecule has 10 nitrogen and oxygen atoms in total. The second-order valence-electron chi connectivity index (χ2n) is 5.25. The molecule has 142 valence electrons. The quantitative estimate of drug-likeness (QED) is 0.407. The molecule has 2 aromatic heterocycles. The van der Waals surface area contributed by atoms with Crippen LogP contribution in [-0.4, -0.2) is 25.8 Å². The summed E-state index contributed by atoms with van der Waals surface area (Å²) in [5.41, 5.74) is 5.06.